The summed E-state index contributed by atoms with van der Waals surface area (Å²) in [5.41, 5.74) is 11.7. The van der Waals surface area contributed by atoms with E-state index in [4.69, 9.17) is 11.5 Å². The van der Waals surface area contributed by atoms with Gasteiger partial charge in [0.15, 0.2) is 0 Å². The number of halogens is 1. The van der Waals surface area contributed by atoms with Crippen LogP contribution in [0.5, 0.6) is 0 Å². The minimum atomic E-state index is -0.607. The van der Waals surface area contributed by atoms with E-state index in [2.05, 4.69) is 4.90 Å². The number of benzene rings is 1. The first-order chi connectivity index (χ1) is 8.56. The third kappa shape index (κ3) is 3.05. The Labute approximate surface area is 106 Å². The van der Waals surface area contributed by atoms with Crippen LogP contribution in [0, 0.1) is 5.82 Å². The van der Waals surface area contributed by atoms with Gasteiger partial charge in [0, 0.05) is 23.7 Å². The molecule has 0 radical (unpaired) electrons. The van der Waals surface area contributed by atoms with E-state index >= 15 is 0 Å². The Kier molecular flexibility index (Phi) is 3.93. The SMILES string of the molecule is NC(=O)c1ccc(CN2CCC(N)CC2)c(F)c1. The number of primary amides is 1. The maximum absolute atomic E-state index is 13.8. The number of rotatable bonds is 3. The molecule has 1 aliphatic rings. The van der Waals surface area contributed by atoms with Crippen molar-refractivity contribution in [2.45, 2.75) is 25.4 Å². The van der Waals surface area contributed by atoms with E-state index in [9.17, 15) is 9.18 Å². The molecule has 1 heterocycles. The van der Waals surface area contributed by atoms with Gasteiger partial charge >= 0.3 is 0 Å². The normalized spacial score (nSPS) is 17.9. The van der Waals surface area contributed by atoms with Gasteiger partial charge in [-0.05, 0) is 38.1 Å². The van der Waals surface area contributed by atoms with Crippen LogP contribution in [-0.2, 0) is 6.54 Å². The number of hydrogen-bond acceptors (Lipinski definition) is 3. The first kappa shape index (κ1) is 13.0. The van der Waals surface area contributed by atoms with E-state index in [1.807, 2.05) is 0 Å². The molecule has 0 aliphatic carbocycles. The molecule has 0 spiro atoms. The summed E-state index contributed by atoms with van der Waals surface area (Å²) in [6.07, 6.45) is 1.89. The predicted molar refractivity (Wildman–Crippen MR) is 67.4 cm³/mol. The lowest BCUT2D eigenvalue weighted by atomic mass is 10.0. The molecule has 0 bridgehead atoms. The zero-order valence-corrected chi connectivity index (χ0v) is 10.2. The topological polar surface area (TPSA) is 72.4 Å². The number of carbonyl (C=O) groups is 1. The third-order valence-electron chi connectivity index (χ3n) is 3.36. The Bertz CT molecular complexity index is 442. The van der Waals surface area contributed by atoms with Crippen LogP contribution in [0.25, 0.3) is 0 Å². The molecule has 18 heavy (non-hydrogen) atoms. The Morgan fingerprint density at radius 2 is 2.06 bits per heavy atom. The summed E-state index contributed by atoms with van der Waals surface area (Å²) in [5, 5.41) is 0. The Hall–Kier alpha value is -1.46. The van der Waals surface area contributed by atoms with Gasteiger partial charge in [-0.25, -0.2) is 4.39 Å². The number of carbonyl (C=O) groups excluding carboxylic acids is 1. The molecule has 1 aliphatic heterocycles. The quantitative estimate of drug-likeness (QED) is 0.836. The lowest BCUT2D eigenvalue weighted by Crippen LogP contribution is -2.39. The van der Waals surface area contributed by atoms with Crippen LogP contribution in [0.15, 0.2) is 18.2 Å². The zero-order chi connectivity index (χ0) is 13.1. The Morgan fingerprint density at radius 3 is 2.61 bits per heavy atom. The molecular weight excluding hydrogens is 233 g/mol. The molecule has 1 fully saturated rings. The van der Waals surface area contributed by atoms with Gasteiger partial charge < -0.3 is 11.5 Å². The molecule has 1 aromatic carbocycles. The summed E-state index contributed by atoms with van der Waals surface area (Å²) in [6, 6.07) is 4.66. The summed E-state index contributed by atoms with van der Waals surface area (Å²) < 4.78 is 13.8. The fourth-order valence-corrected chi connectivity index (χ4v) is 2.18. The van der Waals surface area contributed by atoms with Crippen molar-refractivity contribution in [2.75, 3.05) is 13.1 Å². The van der Waals surface area contributed by atoms with Crippen molar-refractivity contribution in [3.8, 4) is 0 Å². The van der Waals surface area contributed by atoms with E-state index in [0.29, 0.717) is 12.1 Å². The number of amides is 1. The molecule has 98 valence electrons. The molecular formula is C13H18FN3O. The highest BCUT2D eigenvalue weighted by molar-refractivity contribution is 5.92. The Balaban J connectivity index is 2.03. The van der Waals surface area contributed by atoms with Gasteiger partial charge in [-0.15, -0.1) is 0 Å². The van der Waals surface area contributed by atoms with Gasteiger partial charge in [-0.3, -0.25) is 9.69 Å². The fraction of sp³-hybridized carbons (Fsp3) is 0.462. The van der Waals surface area contributed by atoms with Crippen LogP contribution >= 0.6 is 0 Å². The molecule has 1 aromatic rings. The number of hydrogen-bond donors (Lipinski definition) is 2. The standard InChI is InChI=1S/C13H18FN3O/c14-12-7-9(13(16)18)1-2-10(12)8-17-5-3-11(15)4-6-17/h1-2,7,11H,3-6,8,15H2,(H2,16,18). The minimum Gasteiger partial charge on any atom is -0.366 e. The summed E-state index contributed by atoms with van der Waals surface area (Å²) in [6.45, 7) is 2.33. The van der Waals surface area contributed by atoms with Crippen molar-refractivity contribution in [1.29, 1.82) is 0 Å². The van der Waals surface area contributed by atoms with Crippen LogP contribution in [0.1, 0.15) is 28.8 Å². The summed E-state index contributed by atoms with van der Waals surface area (Å²) >= 11 is 0. The monoisotopic (exact) mass is 251 g/mol. The van der Waals surface area contributed by atoms with Gasteiger partial charge in [-0.2, -0.15) is 0 Å². The molecule has 4 N–H and O–H groups in total. The molecule has 0 atom stereocenters. The van der Waals surface area contributed by atoms with Crippen molar-refractivity contribution in [3.63, 3.8) is 0 Å². The van der Waals surface area contributed by atoms with Crippen molar-refractivity contribution < 1.29 is 9.18 Å². The number of likely N-dealkylation sites (tertiary alicyclic amines) is 1. The zero-order valence-electron chi connectivity index (χ0n) is 10.2. The van der Waals surface area contributed by atoms with Crippen molar-refractivity contribution in [2.24, 2.45) is 11.5 Å². The van der Waals surface area contributed by atoms with Gasteiger partial charge in [0.05, 0.1) is 0 Å². The Morgan fingerprint density at radius 1 is 1.39 bits per heavy atom. The molecule has 0 unspecified atom stereocenters. The van der Waals surface area contributed by atoms with Crippen molar-refractivity contribution >= 4 is 5.91 Å². The maximum atomic E-state index is 13.8. The fourth-order valence-electron chi connectivity index (χ4n) is 2.18. The van der Waals surface area contributed by atoms with Crippen molar-refractivity contribution in [1.82, 2.24) is 4.90 Å². The molecule has 4 nitrogen and oxygen atoms in total. The van der Waals surface area contributed by atoms with Crippen LogP contribution in [-0.4, -0.2) is 29.9 Å². The third-order valence-corrected chi connectivity index (χ3v) is 3.36. The minimum absolute atomic E-state index is 0.205. The maximum Gasteiger partial charge on any atom is 0.248 e. The van der Waals surface area contributed by atoms with Gasteiger partial charge in [0.1, 0.15) is 5.82 Å². The van der Waals surface area contributed by atoms with Gasteiger partial charge in [0.25, 0.3) is 0 Å². The molecule has 0 aromatic heterocycles. The predicted octanol–water partition coefficient (Wildman–Crippen LogP) is 0.848. The van der Waals surface area contributed by atoms with E-state index in [0.717, 1.165) is 25.9 Å². The second kappa shape index (κ2) is 5.46. The average Bonchev–Trinajstić information content (AvgIpc) is 2.34. The smallest absolute Gasteiger partial charge is 0.248 e. The number of piperidine rings is 1. The highest BCUT2D eigenvalue weighted by Crippen LogP contribution is 2.16. The van der Waals surface area contributed by atoms with E-state index in [1.54, 1.807) is 12.1 Å². The molecule has 2 rings (SSSR count). The lowest BCUT2D eigenvalue weighted by molar-refractivity contribution is 0.1000. The highest BCUT2D eigenvalue weighted by Gasteiger charge is 2.17. The van der Waals surface area contributed by atoms with Crippen LogP contribution in [0.4, 0.5) is 4.39 Å². The van der Waals surface area contributed by atoms with E-state index < -0.39 is 5.91 Å². The first-order valence-corrected chi connectivity index (χ1v) is 6.12. The van der Waals surface area contributed by atoms with Gasteiger partial charge in [-0.1, -0.05) is 6.07 Å². The van der Waals surface area contributed by atoms with Gasteiger partial charge in [0.2, 0.25) is 5.91 Å². The van der Waals surface area contributed by atoms with Crippen LogP contribution in [0.2, 0.25) is 0 Å². The molecule has 1 saturated heterocycles. The largest absolute Gasteiger partial charge is 0.366 e. The van der Waals surface area contributed by atoms with Crippen molar-refractivity contribution in [3.05, 3.63) is 35.1 Å². The molecule has 1 amide bonds. The molecule has 0 saturated carbocycles. The average molecular weight is 251 g/mol. The first-order valence-electron chi connectivity index (χ1n) is 6.12. The van der Waals surface area contributed by atoms with E-state index in [-0.39, 0.29) is 17.4 Å². The lowest BCUT2D eigenvalue weighted by Gasteiger charge is -2.30. The second-order valence-electron chi connectivity index (χ2n) is 4.78. The summed E-state index contributed by atoms with van der Waals surface area (Å²) in [4.78, 5) is 13.1. The highest BCUT2D eigenvalue weighted by atomic mass is 19.1. The summed E-state index contributed by atoms with van der Waals surface area (Å²) in [5.74, 6) is -0.981. The van der Waals surface area contributed by atoms with Crippen LogP contribution in [0.3, 0.4) is 0 Å². The van der Waals surface area contributed by atoms with E-state index in [1.165, 1.54) is 6.07 Å². The number of nitrogens with zero attached hydrogens (tertiary/aromatic N) is 1. The van der Waals surface area contributed by atoms with Crippen LogP contribution < -0.4 is 11.5 Å². The second-order valence-corrected chi connectivity index (χ2v) is 4.78. The summed E-state index contributed by atoms with van der Waals surface area (Å²) in [7, 11) is 0. The number of nitrogens with two attached hydrogens (primary N) is 2. The molecule has 5 heteroatoms.